The van der Waals surface area contributed by atoms with Crippen LogP contribution in [-0.4, -0.2) is 18.6 Å². The third-order valence-electron chi connectivity index (χ3n) is 3.30. The number of hydrazine groups is 1. The van der Waals surface area contributed by atoms with E-state index in [-0.39, 0.29) is 11.4 Å². The Labute approximate surface area is 91.5 Å². The van der Waals surface area contributed by atoms with E-state index in [9.17, 15) is 4.79 Å². The van der Waals surface area contributed by atoms with Gasteiger partial charge < -0.3 is 4.74 Å². The van der Waals surface area contributed by atoms with E-state index in [4.69, 9.17) is 10.6 Å². The molecule has 0 amide bonds. The third-order valence-corrected chi connectivity index (χ3v) is 3.30. The lowest BCUT2D eigenvalue weighted by atomic mass is 9.72. The molecule has 0 heterocycles. The first-order valence-corrected chi connectivity index (χ1v) is 5.71. The number of hydrogen-bond acceptors (Lipinski definition) is 4. The first kappa shape index (κ1) is 12.5. The molecule has 0 atom stereocenters. The average molecular weight is 214 g/mol. The highest BCUT2D eigenvalue weighted by atomic mass is 16.5. The van der Waals surface area contributed by atoms with Crippen molar-refractivity contribution in [3.8, 4) is 0 Å². The van der Waals surface area contributed by atoms with Gasteiger partial charge in [0.15, 0.2) is 0 Å². The van der Waals surface area contributed by atoms with E-state index in [1.807, 2.05) is 6.92 Å². The molecule has 1 saturated carbocycles. The molecule has 0 aromatic rings. The molecule has 1 rings (SSSR count). The maximum absolute atomic E-state index is 11.4. The maximum atomic E-state index is 11.4. The monoisotopic (exact) mass is 214 g/mol. The lowest BCUT2D eigenvalue weighted by Gasteiger charge is -2.36. The SMILES string of the molecule is CCOC(=O)CC1(C)CCC(NN)CC1. The van der Waals surface area contributed by atoms with Gasteiger partial charge in [-0.05, 0) is 38.0 Å². The van der Waals surface area contributed by atoms with E-state index in [1.165, 1.54) is 0 Å². The quantitative estimate of drug-likeness (QED) is 0.421. The largest absolute Gasteiger partial charge is 0.466 e. The van der Waals surface area contributed by atoms with Crippen molar-refractivity contribution in [3.05, 3.63) is 0 Å². The van der Waals surface area contributed by atoms with Gasteiger partial charge in [0.25, 0.3) is 0 Å². The van der Waals surface area contributed by atoms with Crippen LogP contribution in [0.25, 0.3) is 0 Å². The van der Waals surface area contributed by atoms with Gasteiger partial charge in [-0.1, -0.05) is 6.92 Å². The Morgan fingerprint density at radius 2 is 2.13 bits per heavy atom. The van der Waals surface area contributed by atoms with E-state index >= 15 is 0 Å². The second-order valence-electron chi connectivity index (χ2n) is 4.73. The van der Waals surface area contributed by atoms with E-state index < -0.39 is 0 Å². The first-order chi connectivity index (χ1) is 7.09. The molecule has 1 aliphatic rings. The second kappa shape index (κ2) is 5.47. The van der Waals surface area contributed by atoms with Gasteiger partial charge in [0.05, 0.1) is 13.0 Å². The Bertz CT molecular complexity index is 211. The molecule has 3 N–H and O–H groups in total. The van der Waals surface area contributed by atoms with Gasteiger partial charge in [0.1, 0.15) is 0 Å². The predicted octanol–water partition coefficient (Wildman–Crippen LogP) is 1.35. The molecule has 0 saturated heterocycles. The van der Waals surface area contributed by atoms with Crippen LogP contribution in [0.4, 0.5) is 0 Å². The zero-order chi connectivity index (χ0) is 11.3. The number of rotatable bonds is 4. The molecule has 0 aliphatic heterocycles. The summed E-state index contributed by atoms with van der Waals surface area (Å²) in [6.07, 6.45) is 4.72. The Morgan fingerprint density at radius 1 is 1.53 bits per heavy atom. The molecule has 0 bridgehead atoms. The molecule has 15 heavy (non-hydrogen) atoms. The van der Waals surface area contributed by atoms with E-state index in [1.54, 1.807) is 0 Å². The summed E-state index contributed by atoms with van der Waals surface area (Å²) in [5.74, 6) is 5.33. The second-order valence-corrected chi connectivity index (χ2v) is 4.73. The lowest BCUT2D eigenvalue weighted by Crippen LogP contribution is -2.40. The minimum atomic E-state index is -0.0702. The van der Waals surface area contributed by atoms with Crippen molar-refractivity contribution in [1.29, 1.82) is 0 Å². The molecule has 0 unspecified atom stereocenters. The van der Waals surface area contributed by atoms with Crippen molar-refractivity contribution >= 4 is 5.97 Å². The standard InChI is InChI=1S/C11H22N2O2/c1-3-15-10(14)8-11(2)6-4-9(13-12)5-7-11/h9,13H,3-8,12H2,1-2H3. The molecular weight excluding hydrogens is 192 g/mol. The molecule has 1 aliphatic carbocycles. The van der Waals surface area contributed by atoms with Crippen molar-refractivity contribution in [2.45, 2.75) is 52.0 Å². The number of esters is 1. The normalized spacial score (nSPS) is 31.3. The highest BCUT2D eigenvalue weighted by molar-refractivity contribution is 5.70. The van der Waals surface area contributed by atoms with Crippen LogP contribution in [0.3, 0.4) is 0 Å². The topological polar surface area (TPSA) is 64.3 Å². The van der Waals surface area contributed by atoms with E-state index in [0.29, 0.717) is 19.1 Å². The lowest BCUT2D eigenvalue weighted by molar-refractivity contribution is -0.146. The molecule has 1 fully saturated rings. The molecule has 88 valence electrons. The van der Waals surface area contributed by atoms with Crippen LogP contribution in [0.15, 0.2) is 0 Å². The van der Waals surface area contributed by atoms with Crippen LogP contribution in [0, 0.1) is 5.41 Å². The van der Waals surface area contributed by atoms with Crippen LogP contribution in [0.5, 0.6) is 0 Å². The van der Waals surface area contributed by atoms with Gasteiger partial charge in [-0.15, -0.1) is 0 Å². The van der Waals surface area contributed by atoms with Crippen LogP contribution in [0.1, 0.15) is 46.0 Å². The van der Waals surface area contributed by atoms with Gasteiger partial charge in [-0.2, -0.15) is 0 Å². The van der Waals surface area contributed by atoms with Crippen molar-refractivity contribution in [2.24, 2.45) is 11.3 Å². The van der Waals surface area contributed by atoms with Gasteiger partial charge in [-0.25, -0.2) is 0 Å². The average Bonchev–Trinajstić information content (AvgIpc) is 2.18. The Kier molecular flexibility index (Phi) is 4.54. The van der Waals surface area contributed by atoms with Crippen LogP contribution < -0.4 is 11.3 Å². The number of ether oxygens (including phenoxy) is 1. The third kappa shape index (κ3) is 3.80. The Hall–Kier alpha value is -0.610. The summed E-state index contributed by atoms with van der Waals surface area (Å²) in [5, 5.41) is 0. The van der Waals surface area contributed by atoms with Gasteiger partial charge in [-0.3, -0.25) is 16.1 Å². The van der Waals surface area contributed by atoms with Crippen molar-refractivity contribution in [1.82, 2.24) is 5.43 Å². The zero-order valence-electron chi connectivity index (χ0n) is 9.71. The van der Waals surface area contributed by atoms with Crippen LogP contribution >= 0.6 is 0 Å². The fourth-order valence-corrected chi connectivity index (χ4v) is 2.22. The first-order valence-electron chi connectivity index (χ1n) is 5.71. The summed E-state index contributed by atoms with van der Waals surface area (Å²) >= 11 is 0. The molecule has 0 radical (unpaired) electrons. The van der Waals surface area contributed by atoms with Crippen molar-refractivity contribution < 1.29 is 9.53 Å². The van der Waals surface area contributed by atoms with Crippen molar-refractivity contribution in [3.63, 3.8) is 0 Å². The molecule has 4 nitrogen and oxygen atoms in total. The van der Waals surface area contributed by atoms with E-state index in [0.717, 1.165) is 25.7 Å². The fraction of sp³-hybridized carbons (Fsp3) is 0.909. The Balaban J connectivity index is 2.37. The number of hydrogen-bond donors (Lipinski definition) is 2. The minimum absolute atomic E-state index is 0.0702. The van der Waals surface area contributed by atoms with Gasteiger partial charge in [0.2, 0.25) is 0 Å². The smallest absolute Gasteiger partial charge is 0.306 e. The summed E-state index contributed by atoms with van der Waals surface area (Å²) in [6.45, 7) is 4.48. The summed E-state index contributed by atoms with van der Waals surface area (Å²) in [6, 6.07) is 0.417. The molecule has 0 aromatic carbocycles. The summed E-state index contributed by atoms with van der Waals surface area (Å²) in [4.78, 5) is 11.4. The summed E-state index contributed by atoms with van der Waals surface area (Å²) in [7, 11) is 0. The Morgan fingerprint density at radius 3 is 2.60 bits per heavy atom. The maximum Gasteiger partial charge on any atom is 0.306 e. The number of carbonyl (C=O) groups excluding carboxylic acids is 1. The van der Waals surface area contributed by atoms with Crippen LogP contribution in [-0.2, 0) is 9.53 Å². The molecule has 0 aromatic heterocycles. The molecule has 0 spiro atoms. The molecule has 4 heteroatoms. The van der Waals surface area contributed by atoms with Crippen molar-refractivity contribution in [2.75, 3.05) is 6.61 Å². The highest BCUT2D eigenvalue weighted by Crippen LogP contribution is 2.38. The fourth-order valence-electron chi connectivity index (χ4n) is 2.22. The predicted molar refractivity (Wildman–Crippen MR) is 58.9 cm³/mol. The van der Waals surface area contributed by atoms with Gasteiger partial charge >= 0.3 is 5.97 Å². The highest BCUT2D eigenvalue weighted by Gasteiger charge is 2.33. The van der Waals surface area contributed by atoms with E-state index in [2.05, 4.69) is 12.3 Å². The summed E-state index contributed by atoms with van der Waals surface area (Å²) in [5.41, 5.74) is 2.91. The summed E-state index contributed by atoms with van der Waals surface area (Å²) < 4.78 is 4.98. The zero-order valence-corrected chi connectivity index (χ0v) is 9.71. The van der Waals surface area contributed by atoms with Gasteiger partial charge in [0, 0.05) is 6.04 Å². The minimum Gasteiger partial charge on any atom is -0.466 e. The molecular formula is C11H22N2O2. The number of nitrogens with two attached hydrogens (primary N) is 1. The number of carbonyl (C=O) groups is 1. The number of nitrogens with one attached hydrogen (secondary N) is 1. The van der Waals surface area contributed by atoms with Crippen LogP contribution in [0.2, 0.25) is 0 Å².